The molecule has 0 bridgehead atoms. The lowest BCUT2D eigenvalue weighted by molar-refractivity contribution is -0.132. The molecule has 0 unspecified atom stereocenters. The van der Waals surface area contributed by atoms with E-state index < -0.39 is 0 Å². The van der Waals surface area contributed by atoms with Gasteiger partial charge in [-0.25, -0.2) is 0 Å². The van der Waals surface area contributed by atoms with E-state index in [9.17, 15) is 9.59 Å². The molecule has 2 rings (SSSR count). The van der Waals surface area contributed by atoms with Crippen LogP contribution < -0.4 is 14.4 Å². The minimum atomic E-state index is -0.180. The Kier molecular flexibility index (Phi) is 6.06. The molecule has 0 radical (unpaired) electrons. The van der Waals surface area contributed by atoms with Gasteiger partial charge in [0.05, 0.1) is 14.2 Å². The molecule has 0 N–H and O–H groups in total. The molecule has 2 amide bonds. The van der Waals surface area contributed by atoms with Crippen molar-refractivity contribution in [3.63, 3.8) is 0 Å². The van der Waals surface area contributed by atoms with E-state index in [4.69, 9.17) is 9.47 Å². The highest BCUT2D eigenvalue weighted by Crippen LogP contribution is 2.31. The van der Waals surface area contributed by atoms with Crippen LogP contribution in [0.2, 0.25) is 0 Å². The zero-order chi connectivity index (χ0) is 17.7. The molecule has 1 fully saturated rings. The minimum absolute atomic E-state index is 0.0214. The Hall–Kier alpha value is -2.24. The zero-order valence-electron chi connectivity index (χ0n) is 14.9. The van der Waals surface area contributed by atoms with Crippen molar-refractivity contribution in [2.75, 3.05) is 38.8 Å². The van der Waals surface area contributed by atoms with Crippen LogP contribution in [-0.4, -0.2) is 50.6 Å². The number of likely N-dealkylation sites (tertiary alicyclic amines) is 1. The first-order valence-electron chi connectivity index (χ1n) is 8.24. The molecule has 0 spiro atoms. The van der Waals surface area contributed by atoms with Crippen molar-refractivity contribution in [2.24, 2.45) is 5.92 Å². The summed E-state index contributed by atoms with van der Waals surface area (Å²) in [5, 5.41) is 0. The number of rotatable bonds is 5. The fourth-order valence-electron chi connectivity index (χ4n) is 2.87. The number of amides is 2. The lowest BCUT2D eigenvalue weighted by atomic mass is 9.99. The van der Waals surface area contributed by atoms with Crippen molar-refractivity contribution in [3.8, 4) is 11.5 Å². The highest BCUT2D eigenvalue weighted by atomic mass is 16.5. The third-order valence-electron chi connectivity index (χ3n) is 4.49. The summed E-state index contributed by atoms with van der Waals surface area (Å²) in [5.74, 6) is 1.57. The molecule has 0 atom stereocenters. The molecular weight excluding hydrogens is 308 g/mol. The van der Waals surface area contributed by atoms with Gasteiger partial charge in [-0.2, -0.15) is 0 Å². The van der Waals surface area contributed by atoms with Crippen LogP contribution >= 0.6 is 0 Å². The van der Waals surface area contributed by atoms with Crippen LogP contribution in [0.15, 0.2) is 18.2 Å². The van der Waals surface area contributed by atoms with Crippen molar-refractivity contribution < 1.29 is 19.1 Å². The standard InChI is InChI=1S/C18H26N2O4/c1-13-7-9-19(10-8-13)18(22)12-20(14(2)21)15-5-6-16(23-3)17(11-15)24-4/h5-6,11,13H,7-10,12H2,1-4H3. The molecule has 1 aromatic rings. The van der Waals surface area contributed by atoms with Crippen molar-refractivity contribution in [1.82, 2.24) is 4.90 Å². The van der Waals surface area contributed by atoms with E-state index in [0.29, 0.717) is 23.1 Å². The maximum Gasteiger partial charge on any atom is 0.242 e. The molecule has 0 aliphatic carbocycles. The van der Waals surface area contributed by atoms with Gasteiger partial charge in [0.1, 0.15) is 6.54 Å². The Morgan fingerprint density at radius 1 is 1.17 bits per heavy atom. The molecular formula is C18H26N2O4. The summed E-state index contributed by atoms with van der Waals surface area (Å²) in [6.45, 7) is 5.23. The maximum absolute atomic E-state index is 12.5. The Morgan fingerprint density at radius 2 is 1.79 bits per heavy atom. The zero-order valence-corrected chi connectivity index (χ0v) is 14.9. The van der Waals surface area contributed by atoms with Gasteiger partial charge in [-0.1, -0.05) is 6.92 Å². The molecule has 1 aromatic carbocycles. The molecule has 6 heteroatoms. The molecule has 132 valence electrons. The lowest BCUT2D eigenvalue weighted by Gasteiger charge is -2.32. The van der Waals surface area contributed by atoms with Crippen LogP contribution in [0.25, 0.3) is 0 Å². The minimum Gasteiger partial charge on any atom is -0.493 e. The Labute approximate surface area is 143 Å². The third-order valence-corrected chi connectivity index (χ3v) is 4.49. The Bertz CT molecular complexity index is 595. The van der Waals surface area contributed by atoms with E-state index in [1.807, 2.05) is 4.90 Å². The summed E-state index contributed by atoms with van der Waals surface area (Å²) in [5.41, 5.74) is 0.624. The number of anilines is 1. The van der Waals surface area contributed by atoms with Gasteiger partial charge in [0.25, 0.3) is 0 Å². The van der Waals surface area contributed by atoms with Crippen LogP contribution in [0.4, 0.5) is 5.69 Å². The van der Waals surface area contributed by atoms with Crippen molar-refractivity contribution in [2.45, 2.75) is 26.7 Å². The highest BCUT2D eigenvalue weighted by molar-refractivity contribution is 5.97. The van der Waals surface area contributed by atoms with E-state index >= 15 is 0 Å². The fourth-order valence-corrected chi connectivity index (χ4v) is 2.87. The first kappa shape index (κ1) is 18.1. The summed E-state index contributed by atoms with van der Waals surface area (Å²) in [4.78, 5) is 27.9. The highest BCUT2D eigenvalue weighted by Gasteiger charge is 2.24. The van der Waals surface area contributed by atoms with Crippen LogP contribution in [-0.2, 0) is 9.59 Å². The topological polar surface area (TPSA) is 59.1 Å². The van der Waals surface area contributed by atoms with E-state index in [-0.39, 0.29) is 18.4 Å². The molecule has 1 heterocycles. The molecule has 1 aliphatic heterocycles. The molecule has 6 nitrogen and oxygen atoms in total. The second kappa shape index (κ2) is 8.04. The fraction of sp³-hybridized carbons (Fsp3) is 0.556. The number of benzene rings is 1. The van der Waals surface area contributed by atoms with E-state index in [1.54, 1.807) is 32.4 Å². The lowest BCUT2D eigenvalue weighted by Crippen LogP contribution is -2.45. The predicted octanol–water partition coefficient (Wildman–Crippen LogP) is 2.32. The third kappa shape index (κ3) is 4.19. The summed E-state index contributed by atoms with van der Waals surface area (Å²) in [6, 6.07) is 5.21. The van der Waals surface area contributed by atoms with Crippen molar-refractivity contribution >= 4 is 17.5 Å². The molecule has 0 aromatic heterocycles. The van der Waals surface area contributed by atoms with Gasteiger partial charge in [-0.05, 0) is 30.9 Å². The summed E-state index contributed by atoms with van der Waals surface area (Å²) in [7, 11) is 3.10. The van der Waals surface area contributed by atoms with Crippen LogP contribution in [0.3, 0.4) is 0 Å². The van der Waals surface area contributed by atoms with Crippen LogP contribution in [0.1, 0.15) is 26.7 Å². The number of methoxy groups -OCH3 is 2. The Balaban J connectivity index is 2.15. The number of carbonyl (C=O) groups excluding carboxylic acids is 2. The average Bonchev–Trinajstić information content (AvgIpc) is 2.59. The van der Waals surface area contributed by atoms with Gasteiger partial charge in [0, 0.05) is 31.8 Å². The van der Waals surface area contributed by atoms with E-state index in [2.05, 4.69) is 6.92 Å². The molecule has 1 aliphatic rings. The number of ether oxygens (including phenoxy) is 2. The number of carbonyl (C=O) groups is 2. The predicted molar refractivity (Wildman–Crippen MR) is 92.6 cm³/mol. The van der Waals surface area contributed by atoms with Crippen molar-refractivity contribution in [3.05, 3.63) is 18.2 Å². The van der Waals surface area contributed by atoms with Gasteiger partial charge in [-0.15, -0.1) is 0 Å². The number of nitrogens with zero attached hydrogens (tertiary/aromatic N) is 2. The first-order valence-corrected chi connectivity index (χ1v) is 8.24. The van der Waals surface area contributed by atoms with E-state index in [1.165, 1.54) is 11.8 Å². The summed E-state index contributed by atoms with van der Waals surface area (Å²) >= 11 is 0. The monoisotopic (exact) mass is 334 g/mol. The normalized spacial score (nSPS) is 15.1. The molecule has 1 saturated heterocycles. The smallest absolute Gasteiger partial charge is 0.242 e. The molecule has 24 heavy (non-hydrogen) atoms. The summed E-state index contributed by atoms with van der Waals surface area (Å²) in [6.07, 6.45) is 2.03. The van der Waals surface area contributed by atoms with E-state index in [0.717, 1.165) is 25.9 Å². The Morgan fingerprint density at radius 3 is 2.33 bits per heavy atom. The first-order chi connectivity index (χ1) is 11.5. The average molecular weight is 334 g/mol. The van der Waals surface area contributed by atoms with Gasteiger partial charge < -0.3 is 19.3 Å². The van der Waals surface area contributed by atoms with Gasteiger partial charge in [0.2, 0.25) is 11.8 Å². The quantitative estimate of drug-likeness (QED) is 0.829. The number of hydrogen-bond donors (Lipinski definition) is 0. The second-order valence-corrected chi connectivity index (χ2v) is 6.21. The maximum atomic E-state index is 12.5. The molecule has 0 saturated carbocycles. The van der Waals surface area contributed by atoms with Crippen molar-refractivity contribution in [1.29, 1.82) is 0 Å². The van der Waals surface area contributed by atoms with Gasteiger partial charge in [0.15, 0.2) is 11.5 Å². The summed E-state index contributed by atoms with van der Waals surface area (Å²) < 4.78 is 10.5. The number of hydrogen-bond acceptors (Lipinski definition) is 4. The van der Waals surface area contributed by atoms with Gasteiger partial charge in [-0.3, -0.25) is 9.59 Å². The van der Waals surface area contributed by atoms with Gasteiger partial charge >= 0.3 is 0 Å². The SMILES string of the molecule is COc1ccc(N(CC(=O)N2CCC(C)CC2)C(C)=O)cc1OC. The largest absolute Gasteiger partial charge is 0.493 e. The second-order valence-electron chi connectivity index (χ2n) is 6.21. The number of piperidine rings is 1. The van der Waals surface area contributed by atoms with Crippen LogP contribution in [0.5, 0.6) is 11.5 Å². The van der Waals surface area contributed by atoms with Crippen LogP contribution in [0, 0.1) is 5.92 Å².